The van der Waals surface area contributed by atoms with Crippen molar-refractivity contribution >= 4 is 17.8 Å². The van der Waals surface area contributed by atoms with E-state index in [0.29, 0.717) is 6.04 Å². The Balaban J connectivity index is 1.64. The summed E-state index contributed by atoms with van der Waals surface area (Å²) in [5.74, 6) is 1.07. The van der Waals surface area contributed by atoms with Crippen molar-refractivity contribution in [3.63, 3.8) is 0 Å². The molecule has 1 aliphatic heterocycles. The van der Waals surface area contributed by atoms with E-state index in [4.69, 9.17) is 0 Å². The van der Waals surface area contributed by atoms with Crippen LogP contribution in [0.3, 0.4) is 0 Å². The Morgan fingerprint density at radius 3 is 2.89 bits per heavy atom. The quantitative estimate of drug-likeness (QED) is 0.890. The summed E-state index contributed by atoms with van der Waals surface area (Å²) in [7, 11) is 0. The number of rotatable bonds is 3. The summed E-state index contributed by atoms with van der Waals surface area (Å²) in [5.41, 5.74) is 2.50. The maximum atomic E-state index is 4.40. The summed E-state index contributed by atoms with van der Waals surface area (Å²) in [4.78, 5) is 0. The molecule has 2 heterocycles. The standard InChI is InChI=1S/C13H16N4S/c1-9-8-12-15-13(18-17(12)16-9)14-10(2)11-6-4-3-5-7-11/h3-8,10,13-15H,1-2H3/t10-,13-/m0/s1. The molecule has 2 atom stereocenters. The van der Waals surface area contributed by atoms with Crippen LogP contribution in [0, 0.1) is 6.92 Å². The Labute approximate surface area is 111 Å². The molecule has 0 bridgehead atoms. The topological polar surface area (TPSA) is 41.9 Å². The van der Waals surface area contributed by atoms with Crippen LogP contribution in [-0.4, -0.2) is 14.7 Å². The molecule has 18 heavy (non-hydrogen) atoms. The summed E-state index contributed by atoms with van der Waals surface area (Å²) in [6.45, 7) is 4.17. The number of anilines is 1. The van der Waals surface area contributed by atoms with Crippen LogP contribution in [0.1, 0.15) is 24.2 Å². The molecular weight excluding hydrogens is 244 g/mol. The van der Waals surface area contributed by atoms with Gasteiger partial charge in [0.25, 0.3) is 0 Å². The van der Waals surface area contributed by atoms with Gasteiger partial charge in [0, 0.05) is 24.1 Å². The van der Waals surface area contributed by atoms with E-state index in [0.717, 1.165) is 11.5 Å². The fourth-order valence-electron chi connectivity index (χ4n) is 2.05. The number of nitrogens with zero attached hydrogens (tertiary/aromatic N) is 2. The first kappa shape index (κ1) is 11.6. The molecule has 0 amide bonds. The van der Waals surface area contributed by atoms with Crippen molar-refractivity contribution < 1.29 is 0 Å². The van der Waals surface area contributed by atoms with Gasteiger partial charge >= 0.3 is 0 Å². The predicted octanol–water partition coefficient (Wildman–Crippen LogP) is 2.75. The van der Waals surface area contributed by atoms with E-state index in [-0.39, 0.29) is 5.50 Å². The molecule has 0 saturated carbocycles. The first-order valence-electron chi connectivity index (χ1n) is 6.04. The summed E-state index contributed by atoms with van der Waals surface area (Å²) >= 11 is 1.66. The summed E-state index contributed by atoms with van der Waals surface area (Å²) in [6.07, 6.45) is 0. The Morgan fingerprint density at radius 2 is 2.17 bits per heavy atom. The molecule has 0 fully saturated rings. The minimum absolute atomic E-state index is 0.170. The molecule has 1 aromatic carbocycles. The fourth-order valence-corrected chi connectivity index (χ4v) is 3.09. The molecule has 0 unspecified atom stereocenters. The van der Waals surface area contributed by atoms with Crippen molar-refractivity contribution in [1.82, 2.24) is 14.5 Å². The highest BCUT2D eigenvalue weighted by Gasteiger charge is 2.24. The van der Waals surface area contributed by atoms with E-state index >= 15 is 0 Å². The number of benzene rings is 1. The molecule has 2 N–H and O–H groups in total. The lowest BCUT2D eigenvalue weighted by atomic mass is 10.1. The number of hydrogen-bond acceptors (Lipinski definition) is 4. The number of hydrogen-bond donors (Lipinski definition) is 2. The van der Waals surface area contributed by atoms with E-state index in [2.05, 4.69) is 53.0 Å². The first-order chi connectivity index (χ1) is 8.72. The highest BCUT2D eigenvalue weighted by atomic mass is 32.2. The SMILES string of the molecule is Cc1cc2n(n1)S[C@@H](N[C@@H](C)c1ccccc1)N2. The van der Waals surface area contributed by atoms with Gasteiger partial charge in [0.2, 0.25) is 0 Å². The number of aryl methyl sites for hydroxylation is 1. The van der Waals surface area contributed by atoms with Crippen LogP contribution in [0.5, 0.6) is 0 Å². The number of nitrogens with one attached hydrogen (secondary N) is 2. The second kappa shape index (κ2) is 4.66. The zero-order valence-electron chi connectivity index (χ0n) is 10.4. The molecule has 5 heteroatoms. The average Bonchev–Trinajstić information content (AvgIpc) is 2.86. The Hall–Kier alpha value is -1.46. The van der Waals surface area contributed by atoms with Crippen molar-refractivity contribution in [2.24, 2.45) is 0 Å². The van der Waals surface area contributed by atoms with Gasteiger partial charge in [0.1, 0.15) is 11.3 Å². The van der Waals surface area contributed by atoms with Gasteiger partial charge in [-0.1, -0.05) is 30.3 Å². The third-order valence-electron chi connectivity index (χ3n) is 2.99. The van der Waals surface area contributed by atoms with Gasteiger partial charge in [-0.2, -0.15) is 9.19 Å². The van der Waals surface area contributed by atoms with Crippen molar-refractivity contribution in [2.45, 2.75) is 25.4 Å². The molecule has 0 spiro atoms. The molecule has 0 saturated heterocycles. The minimum Gasteiger partial charge on any atom is -0.344 e. The molecule has 3 rings (SSSR count). The summed E-state index contributed by atoms with van der Waals surface area (Å²) in [6, 6.07) is 12.8. The monoisotopic (exact) mass is 260 g/mol. The van der Waals surface area contributed by atoms with Crippen molar-refractivity contribution in [1.29, 1.82) is 0 Å². The summed E-state index contributed by atoms with van der Waals surface area (Å²) in [5, 5.41) is 11.3. The van der Waals surface area contributed by atoms with Crippen LogP contribution in [0.4, 0.5) is 5.82 Å². The van der Waals surface area contributed by atoms with Crippen LogP contribution < -0.4 is 10.6 Å². The predicted molar refractivity (Wildman–Crippen MR) is 75.4 cm³/mol. The van der Waals surface area contributed by atoms with E-state index < -0.39 is 0 Å². The van der Waals surface area contributed by atoms with Gasteiger partial charge in [-0.05, 0) is 19.4 Å². The van der Waals surface area contributed by atoms with Crippen LogP contribution in [0.15, 0.2) is 36.4 Å². The van der Waals surface area contributed by atoms with Gasteiger partial charge in [-0.15, -0.1) is 0 Å². The highest BCUT2D eigenvalue weighted by Crippen LogP contribution is 2.29. The zero-order valence-corrected chi connectivity index (χ0v) is 11.2. The number of fused-ring (bicyclic) bond motifs is 1. The lowest BCUT2D eigenvalue weighted by molar-refractivity contribution is 0.581. The van der Waals surface area contributed by atoms with E-state index in [9.17, 15) is 0 Å². The lowest BCUT2D eigenvalue weighted by Crippen LogP contribution is -2.32. The maximum absolute atomic E-state index is 4.40. The normalized spacial score (nSPS) is 19.3. The van der Waals surface area contributed by atoms with Gasteiger partial charge in [-0.25, -0.2) is 0 Å². The third kappa shape index (κ3) is 2.23. The Bertz CT molecular complexity index is 514. The Morgan fingerprint density at radius 1 is 1.39 bits per heavy atom. The molecule has 94 valence electrons. The van der Waals surface area contributed by atoms with Gasteiger partial charge in [0.05, 0.1) is 5.69 Å². The van der Waals surface area contributed by atoms with Gasteiger partial charge < -0.3 is 5.32 Å². The van der Waals surface area contributed by atoms with Crippen LogP contribution >= 0.6 is 11.9 Å². The largest absolute Gasteiger partial charge is 0.344 e. The van der Waals surface area contributed by atoms with E-state index in [1.54, 1.807) is 11.9 Å². The molecule has 1 aliphatic rings. The van der Waals surface area contributed by atoms with Gasteiger partial charge in [0.15, 0.2) is 0 Å². The van der Waals surface area contributed by atoms with Crippen LogP contribution in [0.25, 0.3) is 0 Å². The molecule has 0 radical (unpaired) electrons. The molecule has 1 aromatic heterocycles. The zero-order chi connectivity index (χ0) is 12.5. The average molecular weight is 260 g/mol. The summed E-state index contributed by atoms with van der Waals surface area (Å²) < 4.78 is 1.94. The second-order valence-corrected chi connectivity index (χ2v) is 5.50. The maximum Gasteiger partial charge on any atom is 0.149 e. The smallest absolute Gasteiger partial charge is 0.149 e. The second-order valence-electron chi connectivity index (χ2n) is 4.47. The van der Waals surface area contributed by atoms with E-state index in [1.165, 1.54) is 5.56 Å². The molecular formula is C13H16N4S. The van der Waals surface area contributed by atoms with E-state index in [1.807, 2.05) is 17.1 Å². The van der Waals surface area contributed by atoms with Crippen LogP contribution in [0.2, 0.25) is 0 Å². The van der Waals surface area contributed by atoms with Gasteiger partial charge in [-0.3, -0.25) is 5.32 Å². The lowest BCUT2D eigenvalue weighted by Gasteiger charge is -2.18. The van der Waals surface area contributed by atoms with Crippen LogP contribution in [-0.2, 0) is 0 Å². The minimum atomic E-state index is 0.170. The van der Waals surface area contributed by atoms with Crippen molar-refractivity contribution in [2.75, 3.05) is 5.32 Å². The number of aromatic nitrogens is 2. The Kier molecular flexibility index (Phi) is 3.01. The fraction of sp³-hybridized carbons (Fsp3) is 0.308. The highest BCUT2D eigenvalue weighted by molar-refractivity contribution is 7.98. The third-order valence-corrected chi connectivity index (χ3v) is 3.93. The molecule has 2 aromatic rings. The van der Waals surface area contributed by atoms with Crippen molar-refractivity contribution in [3.05, 3.63) is 47.7 Å². The first-order valence-corrected chi connectivity index (χ1v) is 6.87. The van der Waals surface area contributed by atoms with Crippen molar-refractivity contribution in [3.8, 4) is 0 Å². The molecule has 4 nitrogen and oxygen atoms in total. The molecule has 0 aliphatic carbocycles.